The maximum absolute atomic E-state index is 6.19. The monoisotopic (exact) mass is 246 g/mol. The van der Waals surface area contributed by atoms with E-state index in [1.807, 2.05) is 6.92 Å². The topological polar surface area (TPSA) is 69.9 Å². The van der Waals surface area contributed by atoms with Gasteiger partial charge in [0.05, 0.1) is 0 Å². The molecule has 1 aliphatic rings. The van der Waals surface area contributed by atoms with Gasteiger partial charge in [0.25, 0.3) is 0 Å². The van der Waals surface area contributed by atoms with Crippen LogP contribution < -0.4 is 5.73 Å². The lowest BCUT2D eigenvalue weighted by molar-refractivity contribution is 0.367. The predicted octanol–water partition coefficient (Wildman–Crippen LogP) is 1.95. The molecule has 2 aromatic heterocycles. The van der Waals surface area contributed by atoms with Gasteiger partial charge in [-0.15, -0.1) is 0 Å². The highest BCUT2D eigenvalue weighted by Gasteiger charge is 2.17. The molecule has 2 heterocycles. The first-order valence-electron chi connectivity index (χ1n) is 6.45. The molecule has 0 saturated carbocycles. The summed E-state index contributed by atoms with van der Waals surface area (Å²) in [5.41, 5.74) is 8.85. The van der Waals surface area contributed by atoms with Crippen molar-refractivity contribution in [1.29, 1.82) is 0 Å². The number of hydrogen-bond acceptors (Lipinski definition) is 4. The summed E-state index contributed by atoms with van der Waals surface area (Å²) >= 11 is 0. The fourth-order valence-electron chi connectivity index (χ4n) is 2.60. The molecule has 0 spiro atoms. The van der Waals surface area contributed by atoms with Crippen molar-refractivity contribution in [2.24, 2.45) is 5.73 Å². The van der Waals surface area contributed by atoms with Crippen molar-refractivity contribution < 1.29 is 4.52 Å². The zero-order valence-electron chi connectivity index (χ0n) is 10.6. The molecule has 5 nitrogen and oxygen atoms in total. The van der Waals surface area contributed by atoms with E-state index in [-0.39, 0.29) is 6.04 Å². The van der Waals surface area contributed by atoms with E-state index >= 15 is 0 Å². The van der Waals surface area contributed by atoms with E-state index in [1.54, 1.807) is 0 Å². The van der Waals surface area contributed by atoms with Crippen LogP contribution in [0, 0.1) is 6.92 Å². The Morgan fingerprint density at radius 3 is 3.11 bits per heavy atom. The quantitative estimate of drug-likeness (QED) is 0.822. The van der Waals surface area contributed by atoms with Crippen LogP contribution in [0.15, 0.2) is 16.9 Å². The Kier molecular flexibility index (Phi) is 2.91. The Labute approximate surface area is 106 Å². The van der Waals surface area contributed by atoms with Crippen LogP contribution in [0.25, 0.3) is 0 Å². The largest absolute Gasteiger partial charge is 0.344 e. The Balaban J connectivity index is 1.84. The molecular weight excluding hydrogens is 228 g/mol. The number of aryl methyl sites for hydroxylation is 2. The summed E-state index contributed by atoms with van der Waals surface area (Å²) in [4.78, 5) is 4.22. The molecule has 0 saturated heterocycles. The fraction of sp³-hybridized carbons (Fsp3) is 0.538. The lowest BCUT2D eigenvalue weighted by Gasteiger charge is -2.07. The van der Waals surface area contributed by atoms with Crippen molar-refractivity contribution in [1.82, 2.24) is 14.7 Å². The standard InChI is InChI=1S/C13H18N4O/c1-9-15-13(18-16-9)8-17-6-10-4-2-3-5-12(14)11(10)7-17/h6-7,12H,2-5,8,14H2,1H3. The normalized spacial score (nSPS) is 19.6. The molecular formula is C13H18N4O. The minimum Gasteiger partial charge on any atom is -0.344 e. The second kappa shape index (κ2) is 4.57. The summed E-state index contributed by atoms with van der Waals surface area (Å²) < 4.78 is 7.24. The minimum atomic E-state index is 0.174. The van der Waals surface area contributed by atoms with Crippen LogP contribution >= 0.6 is 0 Å². The van der Waals surface area contributed by atoms with Crippen molar-refractivity contribution in [3.05, 3.63) is 35.2 Å². The first-order chi connectivity index (χ1) is 8.72. The molecule has 0 radical (unpaired) electrons. The molecule has 0 amide bonds. The number of rotatable bonds is 2. The Morgan fingerprint density at radius 2 is 2.33 bits per heavy atom. The van der Waals surface area contributed by atoms with Crippen molar-refractivity contribution in [2.75, 3.05) is 0 Å². The van der Waals surface area contributed by atoms with Gasteiger partial charge in [-0.05, 0) is 37.3 Å². The average Bonchev–Trinajstić information content (AvgIpc) is 2.88. The Morgan fingerprint density at radius 1 is 1.44 bits per heavy atom. The van der Waals surface area contributed by atoms with Gasteiger partial charge in [-0.3, -0.25) is 0 Å². The van der Waals surface area contributed by atoms with E-state index in [9.17, 15) is 0 Å². The number of aromatic nitrogens is 3. The van der Waals surface area contributed by atoms with Crippen LogP contribution in [0.4, 0.5) is 0 Å². The third kappa shape index (κ3) is 2.18. The summed E-state index contributed by atoms with van der Waals surface area (Å²) in [5.74, 6) is 1.32. The average molecular weight is 246 g/mol. The van der Waals surface area contributed by atoms with Gasteiger partial charge in [0.15, 0.2) is 5.82 Å². The van der Waals surface area contributed by atoms with Crippen LogP contribution in [0.5, 0.6) is 0 Å². The van der Waals surface area contributed by atoms with Crippen molar-refractivity contribution in [3.63, 3.8) is 0 Å². The second-order valence-electron chi connectivity index (χ2n) is 5.00. The van der Waals surface area contributed by atoms with E-state index < -0.39 is 0 Å². The molecule has 2 N–H and O–H groups in total. The molecule has 0 fully saturated rings. The van der Waals surface area contributed by atoms with E-state index in [0.29, 0.717) is 18.3 Å². The summed E-state index contributed by atoms with van der Waals surface area (Å²) in [7, 11) is 0. The van der Waals surface area contributed by atoms with Gasteiger partial charge >= 0.3 is 0 Å². The van der Waals surface area contributed by atoms with Crippen LogP contribution in [-0.4, -0.2) is 14.7 Å². The molecule has 18 heavy (non-hydrogen) atoms. The van der Waals surface area contributed by atoms with Crippen molar-refractivity contribution >= 4 is 0 Å². The Bertz CT molecular complexity index is 543. The van der Waals surface area contributed by atoms with Crippen molar-refractivity contribution in [2.45, 2.75) is 45.2 Å². The summed E-state index contributed by atoms with van der Waals surface area (Å²) in [6.45, 7) is 2.45. The number of nitrogens with two attached hydrogens (primary N) is 1. The molecule has 96 valence electrons. The SMILES string of the molecule is Cc1noc(Cn2cc3c(c2)C(N)CCCC3)n1. The molecule has 3 rings (SSSR count). The van der Waals surface area contributed by atoms with Crippen molar-refractivity contribution in [3.8, 4) is 0 Å². The minimum absolute atomic E-state index is 0.174. The highest BCUT2D eigenvalue weighted by Crippen LogP contribution is 2.27. The third-order valence-corrected chi connectivity index (χ3v) is 3.50. The lowest BCUT2D eigenvalue weighted by Crippen LogP contribution is -2.09. The molecule has 1 atom stereocenters. The highest BCUT2D eigenvalue weighted by atomic mass is 16.5. The summed E-state index contributed by atoms with van der Waals surface area (Å²) in [6.07, 6.45) is 8.95. The molecule has 0 aliphatic heterocycles. The van der Waals surface area contributed by atoms with Gasteiger partial charge in [-0.1, -0.05) is 11.6 Å². The molecule has 0 bridgehead atoms. The highest BCUT2D eigenvalue weighted by molar-refractivity contribution is 5.29. The molecule has 1 aliphatic carbocycles. The summed E-state index contributed by atoms with van der Waals surface area (Å²) in [5, 5.41) is 3.80. The van der Waals surface area contributed by atoms with Gasteiger partial charge in [-0.25, -0.2) is 0 Å². The van der Waals surface area contributed by atoms with Gasteiger partial charge < -0.3 is 14.8 Å². The first kappa shape index (κ1) is 11.5. The smallest absolute Gasteiger partial charge is 0.246 e. The van der Waals surface area contributed by atoms with Crippen LogP contribution in [-0.2, 0) is 13.0 Å². The zero-order valence-corrected chi connectivity index (χ0v) is 10.6. The van der Waals surface area contributed by atoms with Gasteiger partial charge in [0, 0.05) is 18.4 Å². The van der Waals surface area contributed by atoms with E-state index in [2.05, 4.69) is 27.1 Å². The lowest BCUT2D eigenvalue weighted by atomic mass is 10.1. The van der Waals surface area contributed by atoms with Gasteiger partial charge in [0.1, 0.15) is 6.54 Å². The van der Waals surface area contributed by atoms with E-state index in [4.69, 9.17) is 10.3 Å². The number of hydrogen-bond donors (Lipinski definition) is 1. The zero-order chi connectivity index (χ0) is 12.5. The van der Waals surface area contributed by atoms with E-state index in [1.165, 1.54) is 24.0 Å². The molecule has 2 aromatic rings. The Hall–Kier alpha value is -1.62. The van der Waals surface area contributed by atoms with Crippen LogP contribution in [0.3, 0.4) is 0 Å². The van der Waals surface area contributed by atoms with Gasteiger partial charge in [-0.2, -0.15) is 4.98 Å². The van der Waals surface area contributed by atoms with Crippen LogP contribution in [0.1, 0.15) is 48.1 Å². The molecule has 1 unspecified atom stereocenters. The first-order valence-corrected chi connectivity index (χ1v) is 6.45. The second-order valence-corrected chi connectivity index (χ2v) is 5.00. The van der Waals surface area contributed by atoms with E-state index in [0.717, 1.165) is 12.8 Å². The van der Waals surface area contributed by atoms with Gasteiger partial charge in [0.2, 0.25) is 5.89 Å². The number of nitrogens with zero attached hydrogens (tertiary/aromatic N) is 3. The fourth-order valence-corrected chi connectivity index (χ4v) is 2.60. The maximum Gasteiger partial charge on any atom is 0.246 e. The summed E-state index contributed by atoms with van der Waals surface area (Å²) in [6, 6.07) is 0.174. The predicted molar refractivity (Wildman–Crippen MR) is 67.1 cm³/mol. The van der Waals surface area contributed by atoms with Crippen LogP contribution in [0.2, 0.25) is 0 Å². The number of fused-ring (bicyclic) bond motifs is 1. The molecule has 5 heteroatoms. The maximum atomic E-state index is 6.19. The third-order valence-electron chi connectivity index (χ3n) is 3.50. The molecule has 0 aromatic carbocycles.